The monoisotopic (exact) mass is 540 g/mol. The minimum Gasteiger partial charge on any atom is -0.488 e. The predicted octanol–water partition coefficient (Wildman–Crippen LogP) is 6.10. The summed E-state index contributed by atoms with van der Waals surface area (Å²) >= 11 is 4.69. The summed E-state index contributed by atoms with van der Waals surface area (Å²) in [5, 5.41) is 9.61. The minimum atomic E-state index is -1.04. The van der Waals surface area contributed by atoms with E-state index in [9.17, 15) is 14.0 Å². The molecule has 0 radical (unpaired) electrons. The first-order valence-electron chi connectivity index (χ1n) is 10.1. The van der Waals surface area contributed by atoms with E-state index in [0.717, 1.165) is 11.1 Å². The van der Waals surface area contributed by atoms with Crippen LogP contribution in [0.3, 0.4) is 0 Å². The number of hydrogen-bond donors (Lipinski definition) is 1. The molecule has 3 aromatic rings. The van der Waals surface area contributed by atoms with Crippen LogP contribution in [0.1, 0.15) is 21.5 Å². The van der Waals surface area contributed by atoms with Crippen LogP contribution in [0.2, 0.25) is 0 Å². The van der Waals surface area contributed by atoms with E-state index in [0.29, 0.717) is 26.0 Å². The van der Waals surface area contributed by atoms with Gasteiger partial charge in [0.2, 0.25) is 0 Å². The first kappa shape index (κ1) is 23.7. The van der Waals surface area contributed by atoms with Crippen LogP contribution in [-0.2, 0) is 11.4 Å². The lowest BCUT2D eigenvalue weighted by molar-refractivity contribution is -0.121. The lowest BCUT2D eigenvalue weighted by Gasteiger charge is -2.09. The Balaban J connectivity index is 1.50. The fraction of sp³-hybridized carbons (Fsp3) is 0.0800. The number of amidine groups is 1. The summed E-state index contributed by atoms with van der Waals surface area (Å²) < 4.78 is 19.8. The molecular formula is C25H18BrFN2O4S. The molecular weight excluding hydrogens is 523 g/mol. The fourth-order valence-corrected chi connectivity index (χ4v) is 4.63. The number of nitrogens with zero attached hydrogens (tertiary/aromatic N) is 2. The Morgan fingerprint density at radius 3 is 2.71 bits per heavy atom. The van der Waals surface area contributed by atoms with Gasteiger partial charge in [0.25, 0.3) is 5.91 Å². The number of aliphatic imine (C=N–C) groups is 1. The summed E-state index contributed by atoms with van der Waals surface area (Å²) in [5.41, 5.74) is 2.07. The summed E-state index contributed by atoms with van der Waals surface area (Å²) in [6.45, 7) is 0.221. The van der Waals surface area contributed by atoms with E-state index in [-0.39, 0.29) is 23.9 Å². The molecule has 34 heavy (non-hydrogen) atoms. The van der Waals surface area contributed by atoms with Crippen molar-refractivity contribution in [2.45, 2.75) is 6.61 Å². The molecule has 0 aromatic heterocycles. The Morgan fingerprint density at radius 2 is 1.97 bits per heavy atom. The molecule has 0 aliphatic carbocycles. The van der Waals surface area contributed by atoms with Gasteiger partial charge < -0.3 is 9.84 Å². The Morgan fingerprint density at radius 1 is 1.18 bits per heavy atom. The van der Waals surface area contributed by atoms with Crippen molar-refractivity contribution in [3.05, 3.63) is 98.6 Å². The SMILES string of the molecule is CN1C(=O)C(=Cc2ccc(OCc3cccc(F)c3)c(Br)c2)SC1=Nc1cccc(C(=O)O)c1. The minimum absolute atomic E-state index is 0.124. The molecule has 4 rings (SSSR count). The van der Waals surface area contributed by atoms with Crippen LogP contribution in [0.4, 0.5) is 10.1 Å². The number of halogens is 2. The topological polar surface area (TPSA) is 79.2 Å². The predicted molar refractivity (Wildman–Crippen MR) is 134 cm³/mol. The zero-order valence-electron chi connectivity index (χ0n) is 17.9. The molecule has 1 fully saturated rings. The summed E-state index contributed by atoms with van der Waals surface area (Å²) in [6, 6.07) is 17.9. The third-order valence-electron chi connectivity index (χ3n) is 4.86. The second-order valence-corrected chi connectivity index (χ2v) is 9.20. The van der Waals surface area contributed by atoms with Gasteiger partial charge in [0, 0.05) is 7.05 Å². The highest BCUT2D eigenvalue weighted by Gasteiger charge is 2.30. The van der Waals surface area contributed by atoms with Gasteiger partial charge in [-0.05, 0) is 87.4 Å². The van der Waals surface area contributed by atoms with Gasteiger partial charge in [0.1, 0.15) is 18.2 Å². The van der Waals surface area contributed by atoms with Gasteiger partial charge >= 0.3 is 5.97 Å². The van der Waals surface area contributed by atoms with Gasteiger partial charge in [-0.2, -0.15) is 0 Å². The van der Waals surface area contributed by atoms with Crippen LogP contribution in [0, 0.1) is 5.82 Å². The number of carbonyl (C=O) groups excluding carboxylic acids is 1. The van der Waals surface area contributed by atoms with Crippen molar-refractivity contribution in [3.63, 3.8) is 0 Å². The fourth-order valence-electron chi connectivity index (χ4n) is 3.13. The zero-order valence-corrected chi connectivity index (χ0v) is 20.3. The zero-order chi connectivity index (χ0) is 24.2. The van der Waals surface area contributed by atoms with Crippen molar-refractivity contribution in [2.75, 3.05) is 7.05 Å². The van der Waals surface area contributed by atoms with Crippen molar-refractivity contribution in [3.8, 4) is 5.75 Å². The number of likely N-dealkylation sites (N-methyl/N-ethyl adjacent to an activating group) is 1. The van der Waals surface area contributed by atoms with Crippen LogP contribution in [0.5, 0.6) is 5.75 Å². The third kappa shape index (κ3) is 5.55. The van der Waals surface area contributed by atoms with E-state index in [4.69, 9.17) is 9.84 Å². The van der Waals surface area contributed by atoms with Crippen molar-refractivity contribution in [2.24, 2.45) is 4.99 Å². The molecule has 1 saturated heterocycles. The van der Waals surface area contributed by atoms with Crippen LogP contribution in [0.25, 0.3) is 6.08 Å². The van der Waals surface area contributed by atoms with E-state index < -0.39 is 5.97 Å². The number of carboxylic acid groups (broad SMARTS) is 1. The number of thioether (sulfide) groups is 1. The van der Waals surface area contributed by atoms with Crippen LogP contribution < -0.4 is 4.74 Å². The van der Waals surface area contributed by atoms with Gasteiger partial charge in [-0.1, -0.05) is 24.3 Å². The van der Waals surface area contributed by atoms with Crippen molar-refractivity contribution in [1.82, 2.24) is 4.90 Å². The average Bonchev–Trinajstić information content (AvgIpc) is 3.06. The number of hydrogen-bond acceptors (Lipinski definition) is 5. The van der Waals surface area contributed by atoms with E-state index in [1.165, 1.54) is 40.9 Å². The number of carboxylic acids is 1. The molecule has 0 bridgehead atoms. The lowest BCUT2D eigenvalue weighted by atomic mass is 10.2. The normalized spacial score (nSPS) is 15.9. The molecule has 0 saturated carbocycles. The summed E-state index contributed by atoms with van der Waals surface area (Å²) in [6.07, 6.45) is 1.75. The molecule has 6 nitrogen and oxygen atoms in total. The van der Waals surface area contributed by atoms with E-state index in [2.05, 4.69) is 20.9 Å². The Labute approximate surface area is 207 Å². The van der Waals surface area contributed by atoms with Gasteiger partial charge in [-0.3, -0.25) is 9.69 Å². The number of aromatic carboxylic acids is 1. The van der Waals surface area contributed by atoms with Crippen LogP contribution >= 0.6 is 27.7 Å². The van der Waals surface area contributed by atoms with Gasteiger partial charge in [0.05, 0.1) is 20.6 Å². The Bertz CT molecular complexity index is 1340. The molecule has 1 aliphatic heterocycles. The van der Waals surface area contributed by atoms with E-state index >= 15 is 0 Å². The van der Waals surface area contributed by atoms with E-state index in [1.807, 2.05) is 12.1 Å². The first-order chi connectivity index (χ1) is 16.3. The molecule has 1 amide bonds. The lowest BCUT2D eigenvalue weighted by Crippen LogP contribution is -2.23. The molecule has 9 heteroatoms. The number of benzene rings is 3. The van der Waals surface area contributed by atoms with Crippen molar-refractivity contribution in [1.29, 1.82) is 0 Å². The summed E-state index contributed by atoms with van der Waals surface area (Å²) in [5.74, 6) is -0.974. The van der Waals surface area contributed by atoms with E-state index in [1.54, 1.807) is 43.5 Å². The van der Waals surface area contributed by atoms with Gasteiger partial charge in [-0.25, -0.2) is 14.2 Å². The van der Waals surface area contributed by atoms with Crippen LogP contribution in [0.15, 0.2) is 81.1 Å². The quantitative estimate of drug-likeness (QED) is 0.382. The van der Waals surface area contributed by atoms with Crippen molar-refractivity contribution < 1.29 is 23.8 Å². The highest BCUT2D eigenvalue weighted by molar-refractivity contribution is 9.10. The molecule has 172 valence electrons. The largest absolute Gasteiger partial charge is 0.488 e. The Hall–Kier alpha value is -3.43. The molecule has 1 heterocycles. The molecule has 1 N–H and O–H groups in total. The number of ether oxygens (including phenoxy) is 1. The summed E-state index contributed by atoms with van der Waals surface area (Å²) in [7, 11) is 1.62. The number of rotatable bonds is 6. The highest BCUT2D eigenvalue weighted by Crippen LogP contribution is 2.35. The molecule has 3 aromatic carbocycles. The second kappa shape index (κ2) is 10.2. The maximum atomic E-state index is 13.3. The highest BCUT2D eigenvalue weighted by atomic mass is 79.9. The number of amides is 1. The standard InChI is InChI=1S/C25H18BrFN2O4S/c1-29-23(30)22(34-25(29)28-19-7-3-5-17(13-19)24(31)32)12-15-8-9-21(20(26)11-15)33-14-16-4-2-6-18(27)10-16/h2-13H,14H2,1H3,(H,31,32). The average molecular weight is 541 g/mol. The van der Waals surface area contributed by atoms with Crippen molar-refractivity contribution >= 4 is 56.5 Å². The third-order valence-corrected chi connectivity index (χ3v) is 6.54. The smallest absolute Gasteiger partial charge is 0.335 e. The molecule has 0 spiro atoms. The number of carbonyl (C=O) groups is 2. The molecule has 0 unspecified atom stereocenters. The molecule has 0 atom stereocenters. The van der Waals surface area contributed by atoms with Crippen LogP contribution in [-0.4, -0.2) is 34.1 Å². The molecule has 1 aliphatic rings. The first-order valence-corrected chi connectivity index (χ1v) is 11.7. The maximum Gasteiger partial charge on any atom is 0.335 e. The maximum absolute atomic E-state index is 13.3. The second-order valence-electron chi connectivity index (χ2n) is 7.33. The van der Waals surface area contributed by atoms with Gasteiger partial charge in [-0.15, -0.1) is 0 Å². The summed E-state index contributed by atoms with van der Waals surface area (Å²) in [4.78, 5) is 30.3. The van der Waals surface area contributed by atoms with Gasteiger partial charge in [0.15, 0.2) is 5.17 Å². The Kier molecular flexibility index (Phi) is 7.14.